The van der Waals surface area contributed by atoms with Gasteiger partial charge in [0.15, 0.2) is 11.9 Å². The number of likely N-dealkylation sites (N-methyl/N-ethyl adjacent to an activating group) is 1. The third kappa shape index (κ3) is 4.54. The molecule has 2 aromatic carbocycles. The summed E-state index contributed by atoms with van der Waals surface area (Å²) in [6.45, 7) is 1.85. The van der Waals surface area contributed by atoms with E-state index in [4.69, 9.17) is 9.47 Å². The van der Waals surface area contributed by atoms with Gasteiger partial charge in [-0.3, -0.25) is 14.9 Å². The van der Waals surface area contributed by atoms with Crippen molar-refractivity contribution in [2.24, 2.45) is 0 Å². The van der Waals surface area contributed by atoms with Crippen LogP contribution in [0.3, 0.4) is 0 Å². The first-order valence-corrected chi connectivity index (χ1v) is 7.97. The van der Waals surface area contributed by atoms with E-state index >= 15 is 0 Å². The van der Waals surface area contributed by atoms with Crippen molar-refractivity contribution in [3.05, 3.63) is 70.0 Å². The fourth-order valence-electron chi connectivity index (χ4n) is 2.47. The molecule has 0 saturated heterocycles. The Hall–Kier alpha value is -3.00. The topological polar surface area (TPSA) is 90.7 Å². The number of nitro groups is 1. The Balaban J connectivity index is 2.45. The van der Waals surface area contributed by atoms with Gasteiger partial charge in [0, 0.05) is 0 Å². The molecule has 2 atom stereocenters. The van der Waals surface area contributed by atoms with Gasteiger partial charge in [-0.05, 0) is 31.7 Å². The number of esters is 1. The fourth-order valence-corrected chi connectivity index (χ4v) is 2.47. The SMILES string of the molecule is CCOC(=O)[C@H](NC)[C@H](Oc1ccc(F)cc1[N+](=O)[O-])c1ccccc1. The van der Waals surface area contributed by atoms with E-state index in [1.807, 2.05) is 0 Å². The summed E-state index contributed by atoms with van der Waals surface area (Å²) in [6, 6.07) is 10.8. The minimum atomic E-state index is -0.915. The van der Waals surface area contributed by atoms with E-state index in [1.54, 1.807) is 44.3 Å². The highest BCUT2D eigenvalue weighted by Crippen LogP contribution is 2.33. The van der Waals surface area contributed by atoms with Gasteiger partial charge in [-0.2, -0.15) is 0 Å². The molecule has 8 heteroatoms. The Morgan fingerprint density at radius 1 is 1.27 bits per heavy atom. The second kappa shape index (κ2) is 8.91. The Kier molecular flexibility index (Phi) is 6.62. The number of carbonyl (C=O) groups is 1. The molecule has 0 amide bonds. The summed E-state index contributed by atoms with van der Waals surface area (Å²) in [5.74, 6) is -1.46. The predicted molar refractivity (Wildman–Crippen MR) is 92.3 cm³/mol. The van der Waals surface area contributed by atoms with Crippen molar-refractivity contribution in [3.8, 4) is 5.75 Å². The normalized spacial score (nSPS) is 12.9. The number of benzene rings is 2. The molecule has 2 rings (SSSR count). The van der Waals surface area contributed by atoms with E-state index in [1.165, 1.54) is 6.07 Å². The smallest absolute Gasteiger partial charge is 0.327 e. The lowest BCUT2D eigenvalue weighted by Gasteiger charge is -2.26. The summed E-state index contributed by atoms with van der Waals surface area (Å²) in [5, 5.41) is 14.0. The van der Waals surface area contributed by atoms with E-state index in [0.29, 0.717) is 5.56 Å². The van der Waals surface area contributed by atoms with E-state index < -0.39 is 34.5 Å². The standard InChI is InChI=1S/C18H19FN2O5/c1-3-25-18(22)16(20-2)17(12-7-5-4-6-8-12)26-15-10-9-13(19)11-14(15)21(23)24/h4-11,16-17,20H,3H2,1-2H3/t16-,17-/m1/s1. The van der Waals surface area contributed by atoms with Crippen LogP contribution in [0.25, 0.3) is 0 Å². The fraction of sp³-hybridized carbons (Fsp3) is 0.278. The number of halogens is 1. The number of nitro benzene ring substituents is 1. The van der Waals surface area contributed by atoms with E-state index in [2.05, 4.69) is 5.32 Å². The zero-order valence-corrected chi connectivity index (χ0v) is 14.3. The number of hydrogen-bond acceptors (Lipinski definition) is 6. The van der Waals surface area contributed by atoms with Crippen molar-refractivity contribution in [2.45, 2.75) is 19.1 Å². The van der Waals surface area contributed by atoms with Gasteiger partial charge in [0.2, 0.25) is 0 Å². The van der Waals surface area contributed by atoms with Gasteiger partial charge in [-0.1, -0.05) is 30.3 Å². The average Bonchev–Trinajstić information content (AvgIpc) is 2.63. The minimum Gasteiger partial charge on any atom is -0.476 e. The number of nitrogens with one attached hydrogen (secondary N) is 1. The van der Waals surface area contributed by atoms with Gasteiger partial charge < -0.3 is 14.8 Å². The zero-order chi connectivity index (χ0) is 19.1. The Labute approximate surface area is 149 Å². The van der Waals surface area contributed by atoms with Crippen LogP contribution in [0.15, 0.2) is 48.5 Å². The third-order valence-electron chi connectivity index (χ3n) is 3.65. The summed E-state index contributed by atoms with van der Waals surface area (Å²) < 4.78 is 24.2. The Morgan fingerprint density at radius 3 is 2.54 bits per heavy atom. The quantitative estimate of drug-likeness (QED) is 0.441. The molecular weight excluding hydrogens is 343 g/mol. The predicted octanol–water partition coefficient (Wildman–Crippen LogP) is 3.01. The number of nitrogens with zero attached hydrogens (tertiary/aromatic N) is 1. The molecule has 0 radical (unpaired) electrons. The highest BCUT2D eigenvalue weighted by Gasteiger charge is 2.33. The number of carbonyl (C=O) groups excluding carboxylic acids is 1. The molecule has 0 aromatic heterocycles. The van der Waals surface area contributed by atoms with Crippen LogP contribution in [-0.2, 0) is 9.53 Å². The lowest BCUT2D eigenvalue weighted by atomic mass is 10.0. The van der Waals surface area contributed by atoms with Crippen molar-refractivity contribution in [3.63, 3.8) is 0 Å². The summed E-state index contributed by atoms with van der Waals surface area (Å²) >= 11 is 0. The van der Waals surface area contributed by atoms with E-state index in [0.717, 1.165) is 12.1 Å². The second-order valence-corrected chi connectivity index (χ2v) is 5.34. The maximum absolute atomic E-state index is 13.4. The van der Waals surface area contributed by atoms with Crippen molar-refractivity contribution in [1.82, 2.24) is 5.32 Å². The molecule has 26 heavy (non-hydrogen) atoms. The molecule has 0 heterocycles. The van der Waals surface area contributed by atoms with Crippen LogP contribution < -0.4 is 10.1 Å². The van der Waals surface area contributed by atoms with Crippen LogP contribution >= 0.6 is 0 Å². The molecule has 0 aliphatic heterocycles. The molecule has 2 aromatic rings. The van der Waals surface area contributed by atoms with Gasteiger partial charge in [-0.15, -0.1) is 0 Å². The van der Waals surface area contributed by atoms with Gasteiger partial charge in [0.1, 0.15) is 11.9 Å². The zero-order valence-electron chi connectivity index (χ0n) is 14.3. The molecule has 0 fully saturated rings. The maximum atomic E-state index is 13.4. The third-order valence-corrected chi connectivity index (χ3v) is 3.65. The van der Waals surface area contributed by atoms with Gasteiger partial charge in [0.25, 0.3) is 0 Å². The molecule has 1 N–H and O–H groups in total. The Bertz CT molecular complexity index is 769. The van der Waals surface area contributed by atoms with Crippen LogP contribution in [0, 0.1) is 15.9 Å². The minimum absolute atomic E-state index is 0.144. The van der Waals surface area contributed by atoms with Crippen molar-refractivity contribution < 1.29 is 23.6 Å². The highest BCUT2D eigenvalue weighted by atomic mass is 19.1. The molecule has 7 nitrogen and oxygen atoms in total. The van der Waals surface area contributed by atoms with Crippen molar-refractivity contribution >= 4 is 11.7 Å². The molecule has 0 unspecified atom stereocenters. The van der Waals surface area contributed by atoms with Crippen molar-refractivity contribution in [2.75, 3.05) is 13.7 Å². The molecule has 0 bridgehead atoms. The number of ether oxygens (including phenoxy) is 2. The van der Waals surface area contributed by atoms with Gasteiger partial charge in [0.05, 0.1) is 17.6 Å². The highest BCUT2D eigenvalue weighted by molar-refractivity contribution is 5.77. The summed E-state index contributed by atoms with van der Waals surface area (Å²) in [5.41, 5.74) is 0.0863. The lowest BCUT2D eigenvalue weighted by Crippen LogP contribution is -2.43. The maximum Gasteiger partial charge on any atom is 0.327 e. The van der Waals surface area contributed by atoms with Crippen LogP contribution in [0.2, 0.25) is 0 Å². The first kappa shape index (κ1) is 19.3. The Morgan fingerprint density at radius 2 is 1.96 bits per heavy atom. The lowest BCUT2D eigenvalue weighted by molar-refractivity contribution is -0.386. The van der Waals surface area contributed by atoms with Crippen LogP contribution in [0.5, 0.6) is 5.75 Å². The monoisotopic (exact) mass is 362 g/mol. The first-order valence-electron chi connectivity index (χ1n) is 7.97. The van der Waals surface area contributed by atoms with Gasteiger partial charge >= 0.3 is 11.7 Å². The number of rotatable bonds is 8. The molecule has 0 spiro atoms. The van der Waals surface area contributed by atoms with Crippen LogP contribution in [0.1, 0.15) is 18.6 Å². The molecule has 0 aliphatic rings. The summed E-state index contributed by atoms with van der Waals surface area (Å²) in [6.07, 6.45) is -0.913. The summed E-state index contributed by atoms with van der Waals surface area (Å²) in [4.78, 5) is 22.8. The van der Waals surface area contributed by atoms with E-state index in [-0.39, 0.29) is 12.4 Å². The van der Waals surface area contributed by atoms with Crippen molar-refractivity contribution in [1.29, 1.82) is 0 Å². The average molecular weight is 362 g/mol. The molecular formula is C18H19FN2O5. The summed E-state index contributed by atoms with van der Waals surface area (Å²) in [7, 11) is 1.56. The van der Waals surface area contributed by atoms with Crippen LogP contribution in [-0.4, -0.2) is 30.6 Å². The largest absolute Gasteiger partial charge is 0.476 e. The molecule has 0 saturated carbocycles. The second-order valence-electron chi connectivity index (χ2n) is 5.34. The number of hydrogen-bond donors (Lipinski definition) is 1. The van der Waals surface area contributed by atoms with Gasteiger partial charge in [-0.25, -0.2) is 4.39 Å². The van der Waals surface area contributed by atoms with Crippen LogP contribution in [0.4, 0.5) is 10.1 Å². The molecule has 138 valence electrons. The van der Waals surface area contributed by atoms with E-state index in [9.17, 15) is 19.3 Å². The molecule has 0 aliphatic carbocycles. The first-order chi connectivity index (χ1) is 12.5.